The van der Waals surface area contributed by atoms with Crippen LogP contribution >= 0.6 is 23.2 Å². The Morgan fingerprint density at radius 3 is 2.66 bits per heavy atom. The van der Waals surface area contributed by atoms with Crippen molar-refractivity contribution in [1.82, 2.24) is 14.7 Å². The molecule has 1 aliphatic rings. The number of hydrogen-bond acceptors (Lipinski definition) is 4. The van der Waals surface area contributed by atoms with Crippen molar-refractivity contribution in [2.45, 2.75) is 19.0 Å². The molecule has 1 aromatic heterocycles. The maximum Gasteiger partial charge on any atom is 0.224 e. The van der Waals surface area contributed by atoms with Crippen molar-refractivity contribution in [3.8, 4) is 6.07 Å². The molecule has 1 unspecified atom stereocenters. The molecule has 1 saturated heterocycles. The summed E-state index contributed by atoms with van der Waals surface area (Å²) in [7, 11) is 0. The maximum atomic E-state index is 9.18. The first-order valence-electron chi connectivity index (χ1n) is 10.3. The zero-order valence-corrected chi connectivity index (χ0v) is 19.1. The molecule has 0 aliphatic carbocycles. The van der Waals surface area contributed by atoms with Crippen LogP contribution in [0.25, 0.3) is 4.85 Å². The van der Waals surface area contributed by atoms with E-state index in [2.05, 4.69) is 44.9 Å². The zero-order chi connectivity index (χ0) is 22.7. The number of nitrogens with zero attached hydrogens (tertiary/aromatic N) is 6. The van der Waals surface area contributed by atoms with Gasteiger partial charge in [-0.05, 0) is 42.8 Å². The summed E-state index contributed by atoms with van der Waals surface area (Å²) in [4.78, 5) is 8.16. The van der Waals surface area contributed by atoms with Gasteiger partial charge in [-0.1, -0.05) is 35.3 Å². The largest absolute Gasteiger partial charge is 0.361 e. The molecule has 2 aromatic carbocycles. The number of nitriles is 1. The summed E-state index contributed by atoms with van der Waals surface area (Å²) in [6.45, 7) is 12.5. The monoisotopic (exact) mass is 464 g/mol. The van der Waals surface area contributed by atoms with Gasteiger partial charge in [0.15, 0.2) is 0 Å². The van der Waals surface area contributed by atoms with Crippen LogP contribution in [0, 0.1) is 17.9 Å². The lowest BCUT2D eigenvalue weighted by molar-refractivity contribution is 0.193. The van der Waals surface area contributed by atoms with E-state index < -0.39 is 0 Å². The standard InChI is InChI=1S/C24H22Cl2N6/c1-17(32-15-21(28-2)13-29-32)14-30-9-10-31(23-8-3-18(12-27)11-22(23)26)24(16-30)19-4-6-20(25)7-5-19/h3-8,11,13,15,17,24H,9-10,14,16H2,1H3/t17?,24-/m0/s1. The van der Waals surface area contributed by atoms with Gasteiger partial charge in [-0.3, -0.25) is 9.58 Å². The van der Waals surface area contributed by atoms with Crippen molar-refractivity contribution in [2.75, 3.05) is 31.1 Å². The smallest absolute Gasteiger partial charge is 0.224 e. The molecule has 4 rings (SSSR count). The predicted octanol–water partition coefficient (Wildman–Crippen LogP) is 5.74. The molecule has 0 radical (unpaired) electrons. The number of aromatic nitrogens is 2. The molecule has 1 aliphatic heterocycles. The summed E-state index contributed by atoms with van der Waals surface area (Å²) in [5.74, 6) is 0. The number of hydrogen-bond donors (Lipinski definition) is 0. The SMILES string of the molecule is [C-]#[N+]c1cnn(C(C)CN2CCN(c3ccc(C#N)cc3Cl)[C@H](c3ccc(Cl)cc3)C2)c1. The Morgan fingerprint density at radius 2 is 2.00 bits per heavy atom. The van der Waals surface area contributed by atoms with Crippen LogP contribution in [0.2, 0.25) is 10.0 Å². The van der Waals surface area contributed by atoms with Gasteiger partial charge in [0.1, 0.15) is 0 Å². The second-order valence-electron chi connectivity index (χ2n) is 7.94. The third-order valence-electron chi connectivity index (χ3n) is 5.80. The normalized spacial score (nSPS) is 17.5. The van der Waals surface area contributed by atoms with E-state index in [-0.39, 0.29) is 12.1 Å². The van der Waals surface area contributed by atoms with Crippen molar-refractivity contribution in [3.05, 3.63) is 87.4 Å². The lowest BCUT2D eigenvalue weighted by atomic mass is 10.0. The van der Waals surface area contributed by atoms with Crippen LogP contribution in [0.15, 0.2) is 54.9 Å². The summed E-state index contributed by atoms with van der Waals surface area (Å²) in [5.41, 5.74) is 3.18. The van der Waals surface area contributed by atoms with Crippen LogP contribution < -0.4 is 4.90 Å². The van der Waals surface area contributed by atoms with E-state index in [4.69, 9.17) is 29.8 Å². The molecule has 3 aromatic rings. The van der Waals surface area contributed by atoms with E-state index in [9.17, 15) is 5.26 Å². The van der Waals surface area contributed by atoms with Gasteiger partial charge in [0.2, 0.25) is 5.69 Å². The Labute approximate surface area is 198 Å². The second-order valence-corrected chi connectivity index (χ2v) is 8.78. The highest BCUT2D eigenvalue weighted by Crippen LogP contribution is 2.36. The molecule has 6 nitrogen and oxygen atoms in total. The van der Waals surface area contributed by atoms with Gasteiger partial charge in [-0.2, -0.15) is 10.4 Å². The van der Waals surface area contributed by atoms with E-state index in [0.29, 0.717) is 21.3 Å². The van der Waals surface area contributed by atoms with Crippen molar-refractivity contribution < 1.29 is 0 Å². The molecule has 162 valence electrons. The van der Waals surface area contributed by atoms with E-state index in [1.807, 2.05) is 22.9 Å². The average molecular weight is 465 g/mol. The summed E-state index contributed by atoms with van der Waals surface area (Å²) < 4.78 is 1.86. The van der Waals surface area contributed by atoms with Crippen molar-refractivity contribution in [1.29, 1.82) is 5.26 Å². The topological polar surface area (TPSA) is 52.5 Å². The summed E-state index contributed by atoms with van der Waals surface area (Å²) in [5, 5.41) is 14.8. The highest BCUT2D eigenvalue weighted by atomic mass is 35.5. The number of piperazine rings is 1. The Balaban J connectivity index is 1.59. The average Bonchev–Trinajstić information content (AvgIpc) is 3.29. The summed E-state index contributed by atoms with van der Waals surface area (Å²) >= 11 is 12.7. The van der Waals surface area contributed by atoms with Crippen LogP contribution in [0.3, 0.4) is 0 Å². The Kier molecular flexibility index (Phi) is 6.67. The first-order valence-corrected chi connectivity index (χ1v) is 11.1. The van der Waals surface area contributed by atoms with Crippen molar-refractivity contribution in [3.63, 3.8) is 0 Å². The minimum absolute atomic E-state index is 0.0788. The summed E-state index contributed by atoms with van der Waals surface area (Å²) in [6, 6.07) is 15.7. The molecular weight excluding hydrogens is 443 g/mol. The number of halogens is 2. The lowest BCUT2D eigenvalue weighted by Gasteiger charge is -2.44. The quantitative estimate of drug-likeness (QED) is 0.451. The molecule has 0 N–H and O–H groups in total. The van der Waals surface area contributed by atoms with E-state index >= 15 is 0 Å². The van der Waals surface area contributed by atoms with Gasteiger partial charge < -0.3 is 4.90 Å². The van der Waals surface area contributed by atoms with Gasteiger partial charge in [-0.15, -0.1) is 0 Å². The first kappa shape index (κ1) is 22.2. The molecule has 0 bridgehead atoms. The van der Waals surface area contributed by atoms with Crippen LogP contribution in [0.1, 0.15) is 30.1 Å². The van der Waals surface area contributed by atoms with Gasteiger partial charge >= 0.3 is 0 Å². The fourth-order valence-corrected chi connectivity index (χ4v) is 4.57. The zero-order valence-electron chi connectivity index (χ0n) is 17.6. The predicted molar refractivity (Wildman–Crippen MR) is 127 cm³/mol. The molecule has 1 fully saturated rings. The molecule has 8 heteroatoms. The van der Waals surface area contributed by atoms with Crippen LogP contribution in [0.4, 0.5) is 11.4 Å². The van der Waals surface area contributed by atoms with Gasteiger partial charge in [0.05, 0.1) is 47.2 Å². The second kappa shape index (κ2) is 9.63. The fourth-order valence-electron chi connectivity index (χ4n) is 4.16. The Morgan fingerprint density at radius 1 is 1.22 bits per heavy atom. The third-order valence-corrected chi connectivity index (χ3v) is 6.35. The van der Waals surface area contributed by atoms with Crippen LogP contribution in [-0.2, 0) is 0 Å². The molecule has 2 heterocycles. The van der Waals surface area contributed by atoms with Crippen LogP contribution in [0.5, 0.6) is 0 Å². The molecular formula is C24H22Cl2N6. The van der Waals surface area contributed by atoms with Crippen molar-refractivity contribution in [2.24, 2.45) is 0 Å². The minimum atomic E-state index is 0.0788. The third kappa shape index (κ3) is 4.74. The van der Waals surface area contributed by atoms with Gasteiger partial charge in [-0.25, -0.2) is 4.85 Å². The van der Waals surface area contributed by atoms with Crippen LogP contribution in [-0.4, -0.2) is 40.9 Å². The van der Waals surface area contributed by atoms with Gasteiger partial charge in [0.25, 0.3) is 0 Å². The maximum absolute atomic E-state index is 9.18. The molecule has 0 saturated carbocycles. The van der Waals surface area contributed by atoms with Crippen molar-refractivity contribution >= 4 is 34.6 Å². The minimum Gasteiger partial charge on any atom is -0.361 e. The molecule has 0 amide bonds. The Bertz CT molecular complexity index is 1170. The number of rotatable bonds is 5. The highest BCUT2D eigenvalue weighted by molar-refractivity contribution is 6.33. The van der Waals surface area contributed by atoms with E-state index in [0.717, 1.165) is 37.4 Å². The molecule has 32 heavy (non-hydrogen) atoms. The number of anilines is 1. The fraction of sp³-hybridized carbons (Fsp3) is 0.292. The van der Waals surface area contributed by atoms with E-state index in [1.165, 1.54) is 0 Å². The molecule has 2 atom stereocenters. The number of benzene rings is 2. The first-order chi connectivity index (χ1) is 15.5. The lowest BCUT2D eigenvalue weighted by Crippen LogP contribution is -2.49. The Hall–Kier alpha value is -3.03. The summed E-state index contributed by atoms with van der Waals surface area (Å²) in [6.07, 6.45) is 3.39. The molecule has 0 spiro atoms. The highest BCUT2D eigenvalue weighted by Gasteiger charge is 2.30. The van der Waals surface area contributed by atoms with Gasteiger partial charge in [0, 0.05) is 37.4 Å². The van der Waals surface area contributed by atoms with E-state index in [1.54, 1.807) is 24.5 Å².